The van der Waals surface area contributed by atoms with E-state index in [1.807, 2.05) is 6.07 Å². The zero-order chi connectivity index (χ0) is 13.4. The van der Waals surface area contributed by atoms with E-state index in [4.69, 9.17) is 5.11 Å². The molecule has 0 bridgehead atoms. The van der Waals surface area contributed by atoms with Crippen molar-refractivity contribution >= 4 is 12.0 Å². The van der Waals surface area contributed by atoms with Crippen LogP contribution < -0.4 is 5.32 Å². The first-order chi connectivity index (χ1) is 9.13. The van der Waals surface area contributed by atoms with Crippen LogP contribution in [0, 0.1) is 5.92 Å². The number of carboxylic acid groups (broad SMARTS) is 1. The summed E-state index contributed by atoms with van der Waals surface area (Å²) in [5.74, 6) is -1.07. The van der Waals surface area contributed by atoms with Gasteiger partial charge < -0.3 is 15.3 Å². The van der Waals surface area contributed by atoms with Crippen LogP contribution in [0.3, 0.4) is 0 Å². The van der Waals surface area contributed by atoms with Crippen molar-refractivity contribution in [3.63, 3.8) is 0 Å². The van der Waals surface area contributed by atoms with Crippen LogP contribution in [0.5, 0.6) is 0 Å². The number of rotatable bonds is 2. The highest BCUT2D eigenvalue weighted by atomic mass is 16.4. The first-order valence-corrected chi connectivity index (χ1v) is 6.33. The molecule has 2 heterocycles. The molecule has 1 aliphatic heterocycles. The van der Waals surface area contributed by atoms with E-state index < -0.39 is 5.97 Å². The number of nitrogens with zero attached hydrogens (tertiary/aromatic N) is 2. The normalized spacial score (nSPS) is 24.5. The lowest BCUT2D eigenvalue weighted by molar-refractivity contribution is -0.145. The number of aliphatic carboxylic acids is 1. The molecule has 1 saturated carbocycles. The molecule has 6 nitrogen and oxygen atoms in total. The van der Waals surface area contributed by atoms with Crippen molar-refractivity contribution in [3.05, 3.63) is 29.6 Å². The van der Waals surface area contributed by atoms with Crippen LogP contribution in [0.1, 0.15) is 24.0 Å². The minimum absolute atomic E-state index is 0.00422. The molecule has 2 aliphatic rings. The lowest BCUT2D eigenvalue weighted by Gasteiger charge is -2.34. The van der Waals surface area contributed by atoms with Gasteiger partial charge in [-0.1, -0.05) is 0 Å². The molecule has 2 N–H and O–H groups in total. The van der Waals surface area contributed by atoms with Crippen LogP contribution >= 0.6 is 0 Å². The van der Waals surface area contributed by atoms with Crippen molar-refractivity contribution < 1.29 is 14.7 Å². The third kappa shape index (κ3) is 2.25. The van der Waals surface area contributed by atoms with Gasteiger partial charge in [0.25, 0.3) is 0 Å². The summed E-state index contributed by atoms with van der Waals surface area (Å²) in [5, 5.41) is 11.7. The Labute approximate surface area is 110 Å². The molecule has 100 valence electrons. The number of pyridine rings is 1. The van der Waals surface area contributed by atoms with Gasteiger partial charge in [-0.25, -0.2) is 4.79 Å². The van der Waals surface area contributed by atoms with Gasteiger partial charge in [0.2, 0.25) is 0 Å². The Kier molecular flexibility index (Phi) is 2.85. The van der Waals surface area contributed by atoms with Gasteiger partial charge in [0.05, 0.1) is 5.92 Å². The molecule has 0 radical (unpaired) electrons. The predicted octanol–water partition coefficient (Wildman–Crippen LogP) is 0.970. The van der Waals surface area contributed by atoms with E-state index in [0.29, 0.717) is 25.9 Å². The SMILES string of the molecule is O=C(O)C1CC(NC(=O)N2Cc3ccncc3C2)C1. The number of amides is 2. The van der Waals surface area contributed by atoms with Crippen LogP contribution in [0.2, 0.25) is 0 Å². The number of aromatic nitrogens is 1. The third-order valence-electron chi connectivity index (χ3n) is 3.83. The van der Waals surface area contributed by atoms with Gasteiger partial charge in [0.1, 0.15) is 0 Å². The van der Waals surface area contributed by atoms with E-state index >= 15 is 0 Å². The van der Waals surface area contributed by atoms with Crippen LogP contribution in [0.25, 0.3) is 0 Å². The fourth-order valence-electron chi connectivity index (χ4n) is 2.57. The van der Waals surface area contributed by atoms with Gasteiger partial charge in [0.15, 0.2) is 0 Å². The summed E-state index contributed by atoms with van der Waals surface area (Å²) in [6.45, 7) is 1.17. The monoisotopic (exact) mass is 261 g/mol. The Hall–Kier alpha value is -2.11. The zero-order valence-electron chi connectivity index (χ0n) is 10.4. The summed E-state index contributed by atoms with van der Waals surface area (Å²) in [5.41, 5.74) is 2.21. The minimum atomic E-state index is -0.773. The molecule has 3 rings (SSSR count). The Balaban J connectivity index is 1.52. The Morgan fingerprint density at radius 2 is 2.05 bits per heavy atom. The first-order valence-electron chi connectivity index (χ1n) is 6.33. The Morgan fingerprint density at radius 1 is 1.32 bits per heavy atom. The molecule has 0 spiro atoms. The Bertz CT molecular complexity index is 501. The van der Waals surface area contributed by atoms with E-state index in [1.54, 1.807) is 17.3 Å². The summed E-state index contributed by atoms with van der Waals surface area (Å²) in [6.07, 6.45) is 4.57. The molecule has 0 aromatic carbocycles. The van der Waals surface area contributed by atoms with Crippen molar-refractivity contribution in [1.29, 1.82) is 0 Å². The molecule has 19 heavy (non-hydrogen) atoms. The van der Waals surface area contributed by atoms with Crippen molar-refractivity contribution in [2.45, 2.75) is 32.0 Å². The fourth-order valence-corrected chi connectivity index (χ4v) is 2.57. The highest BCUT2D eigenvalue weighted by Gasteiger charge is 2.36. The number of carboxylic acids is 1. The first kappa shape index (κ1) is 12.0. The molecule has 1 aliphatic carbocycles. The molecule has 1 fully saturated rings. The molecule has 1 aromatic rings. The largest absolute Gasteiger partial charge is 0.481 e. The fraction of sp³-hybridized carbons (Fsp3) is 0.462. The molecule has 0 saturated heterocycles. The lowest BCUT2D eigenvalue weighted by Crippen LogP contribution is -2.50. The van der Waals surface area contributed by atoms with Crippen molar-refractivity contribution in [2.75, 3.05) is 0 Å². The maximum atomic E-state index is 12.0. The van der Waals surface area contributed by atoms with Crippen LogP contribution in [-0.4, -0.2) is 33.0 Å². The second-order valence-electron chi connectivity index (χ2n) is 5.15. The van der Waals surface area contributed by atoms with Gasteiger partial charge >= 0.3 is 12.0 Å². The number of urea groups is 1. The smallest absolute Gasteiger partial charge is 0.318 e. The number of hydrogen-bond donors (Lipinski definition) is 2. The van der Waals surface area contributed by atoms with Crippen LogP contribution in [-0.2, 0) is 17.9 Å². The number of fused-ring (bicyclic) bond motifs is 1. The molecule has 1 aromatic heterocycles. The number of carbonyl (C=O) groups excluding carboxylic acids is 1. The summed E-state index contributed by atoms with van der Waals surface area (Å²) < 4.78 is 0. The predicted molar refractivity (Wildman–Crippen MR) is 66.2 cm³/mol. The zero-order valence-corrected chi connectivity index (χ0v) is 10.4. The van der Waals surface area contributed by atoms with Gasteiger partial charge in [-0.15, -0.1) is 0 Å². The minimum Gasteiger partial charge on any atom is -0.481 e. The lowest BCUT2D eigenvalue weighted by atomic mass is 9.80. The molecular formula is C13H15N3O3. The summed E-state index contributed by atoms with van der Waals surface area (Å²) >= 11 is 0. The molecule has 6 heteroatoms. The van der Waals surface area contributed by atoms with Crippen LogP contribution in [0.4, 0.5) is 4.79 Å². The van der Waals surface area contributed by atoms with E-state index in [9.17, 15) is 9.59 Å². The van der Waals surface area contributed by atoms with E-state index in [0.717, 1.165) is 11.1 Å². The topological polar surface area (TPSA) is 82.5 Å². The van der Waals surface area contributed by atoms with Gasteiger partial charge in [-0.05, 0) is 30.0 Å². The second kappa shape index (κ2) is 4.53. The average Bonchev–Trinajstić information content (AvgIpc) is 2.76. The quantitative estimate of drug-likeness (QED) is 0.831. The average molecular weight is 261 g/mol. The summed E-state index contributed by atoms with van der Waals surface area (Å²) in [4.78, 5) is 28.5. The van der Waals surface area contributed by atoms with Crippen molar-refractivity contribution in [1.82, 2.24) is 15.2 Å². The maximum Gasteiger partial charge on any atom is 0.318 e. The molecule has 2 amide bonds. The molecule has 0 atom stereocenters. The van der Waals surface area contributed by atoms with Crippen LogP contribution in [0.15, 0.2) is 18.5 Å². The Morgan fingerprint density at radius 3 is 2.74 bits per heavy atom. The van der Waals surface area contributed by atoms with Gasteiger partial charge in [0, 0.05) is 31.5 Å². The number of nitrogens with one attached hydrogen (secondary N) is 1. The summed E-state index contributed by atoms with van der Waals surface area (Å²) in [7, 11) is 0. The van der Waals surface area contributed by atoms with Gasteiger partial charge in [-0.2, -0.15) is 0 Å². The molecular weight excluding hydrogens is 246 g/mol. The van der Waals surface area contributed by atoms with Crippen molar-refractivity contribution in [3.8, 4) is 0 Å². The highest BCUT2D eigenvalue weighted by molar-refractivity contribution is 5.76. The molecule has 0 unspecified atom stereocenters. The second-order valence-corrected chi connectivity index (χ2v) is 5.15. The van der Waals surface area contributed by atoms with E-state index in [2.05, 4.69) is 10.3 Å². The van der Waals surface area contributed by atoms with Crippen molar-refractivity contribution in [2.24, 2.45) is 5.92 Å². The van der Waals surface area contributed by atoms with E-state index in [1.165, 1.54) is 0 Å². The third-order valence-corrected chi connectivity index (χ3v) is 3.83. The highest BCUT2D eigenvalue weighted by Crippen LogP contribution is 2.28. The number of carbonyl (C=O) groups is 2. The summed E-state index contributed by atoms with van der Waals surface area (Å²) in [6, 6.07) is 1.80. The number of hydrogen-bond acceptors (Lipinski definition) is 3. The van der Waals surface area contributed by atoms with E-state index in [-0.39, 0.29) is 18.0 Å². The van der Waals surface area contributed by atoms with Gasteiger partial charge in [-0.3, -0.25) is 9.78 Å². The standard InChI is InChI=1S/C13H15N3O3/c17-12(18)9-3-11(4-9)15-13(19)16-6-8-1-2-14-5-10(8)7-16/h1-2,5,9,11H,3-4,6-7H2,(H,15,19)(H,17,18). The maximum absolute atomic E-state index is 12.0.